The lowest BCUT2D eigenvalue weighted by Crippen LogP contribution is -2.37. The van der Waals surface area contributed by atoms with E-state index in [1.165, 1.54) is 17.0 Å². The largest absolute Gasteiger partial charge is 0.462 e. The monoisotopic (exact) mass is 427 g/mol. The Morgan fingerprint density at radius 2 is 2.16 bits per heavy atom. The van der Waals surface area contributed by atoms with Gasteiger partial charge in [0.25, 0.3) is 11.6 Å². The average molecular weight is 427 g/mol. The lowest BCUT2D eigenvalue weighted by Gasteiger charge is -2.31. The number of para-hydroxylation sites is 1. The molecule has 0 radical (unpaired) electrons. The topological polar surface area (TPSA) is 152 Å². The number of esters is 1. The molecule has 0 aliphatic carbocycles. The third kappa shape index (κ3) is 3.79. The molecule has 1 aromatic heterocycles. The number of carbonyl (C=O) groups is 2. The number of ether oxygens (including phenoxy) is 2. The maximum atomic E-state index is 13.1. The predicted molar refractivity (Wildman–Crippen MR) is 108 cm³/mol. The quantitative estimate of drug-likeness (QED) is 0.420. The molecule has 2 aliphatic rings. The highest BCUT2D eigenvalue weighted by atomic mass is 16.6. The van der Waals surface area contributed by atoms with E-state index in [9.17, 15) is 19.7 Å². The molecule has 162 valence electrons. The zero-order valence-corrected chi connectivity index (χ0v) is 16.8. The summed E-state index contributed by atoms with van der Waals surface area (Å²) in [5.41, 5.74) is 5.78. The summed E-state index contributed by atoms with van der Waals surface area (Å²) in [5, 5.41) is 11.7. The van der Waals surface area contributed by atoms with Crippen LogP contribution in [0.1, 0.15) is 41.9 Å². The van der Waals surface area contributed by atoms with Crippen LogP contribution in [0.5, 0.6) is 0 Å². The summed E-state index contributed by atoms with van der Waals surface area (Å²) in [4.78, 5) is 44.5. The number of carbonyl (C=O) groups excluding carboxylic acids is 2. The van der Waals surface area contributed by atoms with Crippen molar-refractivity contribution in [3.8, 4) is 0 Å². The first kappa shape index (κ1) is 20.7. The van der Waals surface area contributed by atoms with Gasteiger partial charge in [0.15, 0.2) is 11.5 Å². The second-order valence-electron chi connectivity index (χ2n) is 7.44. The van der Waals surface area contributed by atoms with Crippen molar-refractivity contribution in [2.24, 2.45) is 16.6 Å². The summed E-state index contributed by atoms with van der Waals surface area (Å²) in [6, 6.07) is 5.22. The number of hydrogen-bond donors (Lipinski definition) is 1. The third-order valence-corrected chi connectivity index (χ3v) is 5.49. The molecule has 4 rings (SSSR count). The van der Waals surface area contributed by atoms with Crippen LogP contribution in [0.25, 0.3) is 0 Å². The van der Waals surface area contributed by atoms with E-state index in [1.54, 1.807) is 25.1 Å². The standard InChI is InChI=1S/C20H21N5O6/c1-11-15(20(27)31-9-12-5-4-8-30-12)17(13-6-2-3-7-14(13)25(28)29)24-10-22-16(18(21)26)19(24)23-11/h2-3,6-7,10,12,15,17H,4-5,8-9H2,1H3,(H2,21,26). The molecule has 3 unspecified atom stereocenters. The highest BCUT2D eigenvalue weighted by Gasteiger charge is 2.42. The number of fused-ring (bicyclic) bond motifs is 1. The number of nitrogens with two attached hydrogens (primary N) is 1. The van der Waals surface area contributed by atoms with Gasteiger partial charge in [-0.2, -0.15) is 0 Å². The van der Waals surface area contributed by atoms with Crippen LogP contribution in [0.3, 0.4) is 0 Å². The zero-order valence-electron chi connectivity index (χ0n) is 16.8. The van der Waals surface area contributed by atoms with Crippen LogP contribution in [0.4, 0.5) is 11.5 Å². The highest BCUT2D eigenvalue weighted by Crippen LogP contribution is 2.41. The molecule has 1 saturated heterocycles. The van der Waals surface area contributed by atoms with Crippen LogP contribution >= 0.6 is 0 Å². The smallest absolute Gasteiger partial charge is 0.317 e. The van der Waals surface area contributed by atoms with E-state index in [-0.39, 0.29) is 35.5 Å². The maximum Gasteiger partial charge on any atom is 0.317 e. The second-order valence-corrected chi connectivity index (χ2v) is 7.44. The number of imidazole rings is 1. The Morgan fingerprint density at radius 3 is 2.84 bits per heavy atom. The van der Waals surface area contributed by atoms with Crippen LogP contribution in [0.2, 0.25) is 0 Å². The number of amides is 1. The van der Waals surface area contributed by atoms with E-state index in [0.717, 1.165) is 12.8 Å². The summed E-state index contributed by atoms with van der Waals surface area (Å²) < 4.78 is 12.5. The molecular formula is C20H21N5O6. The number of nitro groups is 1. The molecule has 1 aromatic carbocycles. The number of aromatic nitrogens is 2. The van der Waals surface area contributed by atoms with Crippen LogP contribution in [-0.4, -0.2) is 51.4 Å². The van der Waals surface area contributed by atoms with E-state index in [4.69, 9.17) is 15.2 Å². The van der Waals surface area contributed by atoms with Crippen molar-refractivity contribution in [2.45, 2.75) is 31.9 Å². The zero-order chi connectivity index (χ0) is 22.1. The van der Waals surface area contributed by atoms with E-state index in [0.29, 0.717) is 12.3 Å². The van der Waals surface area contributed by atoms with Crippen molar-refractivity contribution < 1.29 is 24.0 Å². The summed E-state index contributed by atoms with van der Waals surface area (Å²) in [5.74, 6) is -2.17. The van der Waals surface area contributed by atoms with Crippen LogP contribution in [0, 0.1) is 16.0 Å². The number of hydrogen-bond acceptors (Lipinski definition) is 8. The van der Waals surface area contributed by atoms with Gasteiger partial charge in [-0.1, -0.05) is 18.2 Å². The lowest BCUT2D eigenvalue weighted by molar-refractivity contribution is -0.385. The second kappa shape index (κ2) is 8.26. The SMILES string of the molecule is CC1=Nc2c(C(N)=O)ncn2C(c2ccccc2[N+](=O)[O-])C1C(=O)OCC1CCCO1. The van der Waals surface area contributed by atoms with E-state index in [2.05, 4.69) is 9.98 Å². The number of nitrogens with zero attached hydrogens (tertiary/aromatic N) is 4. The van der Waals surface area contributed by atoms with Gasteiger partial charge in [-0.15, -0.1) is 0 Å². The van der Waals surface area contributed by atoms with Crippen molar-refractivity contribution in [1.29, 1.82) is 0 Å². The molecule has 11 heteroatoms. The number of aliphatic imine (C=N–C) groups is 1. The van der Waals surface area contributed by atoms with Crippen molar-refractivity contribution in [2.75, 3.05) is 13.2 Å². The van der Waals surface area contributed by atoms with Gasteiger partial charge in [-0.25, -0.2) is 9.98 Å². The fraction of sp³-hybridized carbons (Fsp3) is 0.400. The van der Waals surface area contributed by atoms with E-state index >= 15 is 0 Å². The Balaban J connectivity index is 1.78. The van der Waals surface area contributed by atoms with Crippen LogP contribution in [0.15, 0.2) is 35.6 Å². The van der Waals surface area contributed by atoms with E-state index in [1.807, 2.05) is 0 Å². The molecule has 1 amide bonds. The Bertz CT molecular complexity index is 1070. The molecule has 31 heavy (non-hydrogen) atoms. The molecule has 0 spiro atoms. The summed E-state index contributed by atoms with van der Waals surface area (Å²) in [7, 11) is 0. The van der Waals surface area contributed by atoms with Gasteiger partial charge in [0, 0.05) is 18.4 Å². The lowest BCUT2D eigenvalue weighted by atomic mass is 9.87. The van der Waals surface area contributed by atoms with E-state index < -0.39 is 28.8 Å². The minimum atomic E-state index is -0.954. The van der Waals surface area contributed by atoms with Gasteiger partial charge in [0.1, 0.15) is 12.5 Å². The molecule has 2 aromatic rings. The van der Waals surface area contributed by atoms with Crippen molar-refractivity contribution in [3.05, 3.63) is 52.0 Å². The Kier molecular flexibility index (Phi) is 5.51. The van der Waals surface area contributed by atoms with Crippen LogP contribution < -0.4 is 5.73 Å². The molecule has 0 saturated carbocycles. The Labute approximate surface area is 177 Å². The molecule has 3 heterocycles. The minimum Gasteiger partial charge on any atom is -0.462 e. The maximum absolute atomic E-state index is 13.1. The summed E-state index contributed by atoms with van der Waals surface area (Å²) >= 11 is 0. The van der Waals surface area contributed by atoms with Crippen molar-refractivity contribution >= 4 is 29.1 Å². The fourth-order valence-electron chi connectivity index (χ4n) is 4.04. The van der Waals surface area contributed by atoms with Gasteiger partial charge in [0.05, 0.1) is 29.0 Å². The summed E-state index contributed by atoms with van der Waals surface area (Å²) in [6.07, 6.45) is 2.85. The van der Waals surface area contributed by atoms with Gasteiger partial charge in [-0.3, -0.25) is 19.7 Å². The fourth-order valence-corrected chi connectivity index (χ4v) is 4.04. The van der Waals surface area contributed by atoms with Crippen LogP contribution in [-0.2, 0) is 14.3 Å². The average Bonchev–Trinajstić information content (AvgIpc) is 3.40. The minimum absolute atomic E-state index is 0.0749. The highest BCUT2D eigenvalue weighted by molar-refractivity contribution is 6.05. The molecule has 2 N–H and O–H groups in total. The number of primary amides is 1. The Hall–Kier alpha value is -3.60. The predicted octanol–water partition coefficient (Wildman–Crippen LogP) is 1.92. The normalized spacial score (nSPS) is 22.5. The van der Waals surface area contributed by atoms with Gasteiger partial charge in [-0.05, 0) is 19.8 Å². The molecule has 0 bridgehead atoms. The summed E-state index contributed by atoms with van der Waals surface area (Å²) in [6.45, 7) is 2.33. The first-order chi connectivity index (χ1) is 14.9. The Morgan fingerprint density at radius 1 is 1.39 bits per heavy atom. The van der Waals surface area contributed by atoms with Crippen molar-refractivity contribution in [1.82, 2.24) is 9.55 Å². The molecule has 2 aliphatic heterocycles. The molecule has 1 fully saturated rings. The van der Waals surface area contributed by atoms with Crippen molar-refractivity contribution in [3.63, 3.8) is 0 Å². The first-order valence-electron chi connectivity index (χ1n) is 9.82. The number of nitro benzene ring substituents is 1. The molecule has 11 nitrogen and oxygen atoms in total. The van der Waals surface area contributed by atoms with Gasteiger partial charge >= 0.3 is 5.97 Å². The van der Waals surface area contributed by atoms with Gasteiger partial charge in [0.2, 0.25) is 0 Å². The third-order valence-electron chi connectivity index (χ3n) is 5.49. The molecular weight excluding hydrogens is 406 g/mol. The first-order valence-corrected chi connectivity index (χ1v) is 9.82. The molecule has 3 atom stereocenters. The number of benzene rings is 1. The van der Waals surface area contributed by atoms with Gasteiger partial charge < -0.3 is 19.8 Å². The number of rotatable bonds is 6.